The Kier molecular flexibility index (Phi) is 5.60. The summed E-state index contributed by atoms with van der Waals surface area (Å²) in [5, 5.41) is 3.45. The molecular formula is C18H12BrClFNO3S. The van der Waals surface area contributed by atoms with E-state index in [9.17, 15) is 14.0 Å². The Bertz CT molecular complexity index is 990. The van der Waals surface area contributed by atoms with Crippen LogP contribution < -0.4 is 5.32 Å². The zero-order valence-electron chi connectivity index (χ0n) is 13.4. The lowest BCUT2D eigenvalue weighted by Gasteiger charge is -2.16. The molecule has 26 heavy (non-hydrogen) atoms. The SMILES string of the molecule is COC(=O)C(NC(=O)c1sc2cc(F)ccc2c1Cl)c1ccc(Br)cc1. The van der Waals surface area contributed by atoms with E-state index in [4.69, 9.17) is 16.3 Å². The summed E-state index contributed by atoms with van der Waals surface area (Å²) in [6.45, 7) is 0. The first kappa shape index (κ1) is 18.8. The number of amides is 1. The molecule has 134 valence electrons. The Balaban J connectivity index is 1.94. The number of halogens is 3. The number of methoxy groups -OCH3 is 1. The predicted molar refractivity (Wildman–Crippen MR) is 103 cm³/mol. The summed E-state index contributed by atoms with van der Waals surface area (Å²) in [5.74, 6) is -1.55. The van der Waals surface area contributed by atoms with E-state index in [0.717, 1.165) is 15.8 Å². The van der Waals surface area contributed by atoms with Gasteiger partial charge in [0.15, 0.2) is 6.04 Å². The molecule has 1 atom stereocenters. The van der Waals surface area contributed by atoms with Crippen molar-refractivity contribution in [2.24, 2.45) is 0 Å². The highest BCUT2D eigenvalue weighted by molar-refractivity contribution is 9.10. The van der Waals surface area contributed by atoms with Crippen LogP contribution in [0.1, 0.15) is 21.3 Å². The number of nitrogens with one attached hydrogen (secondary N) is 1. The third-order valence-corrected chi connectivity index (χ3v) is 5.90. The molecule has 1 amide bonds. The number of hydrogen-bond donors (Lipinski definition) is 1. The maximum Gasteiger partial charge on any atom is 0.333 e. The van der Waals surface area contributed by atoms with Gasteiger partial charge >= 0.3 is 5.97 Å². The topological polar surface area (TPSA) is 55.4 Å². The lowest BCUT2D eigenvalue weighted by atomic mass is 10.1. The van der Waals surface area contributed by atoms with E-state index in [-0.39, 0.29) is 9.90 Å². The molecule has 0 aliphatic rings. The van der Waals surface area contributed by atoms with E-state index in [1.54, 1.807) is 24.3 Å². The van der Waals surface area contributed by atoms with Crippen LogP contribution in [0.3, 0.4) is 0 Å². The molecule has 0 spiro atoms. The zero-order chi connectivity index (χ0) is 18.8. The van der Waals surface area contributed by atoms with Gasteiger partial charge in [-0.15, -0.1) is 11.3 Å². The molecule has 0 fully saturated rings. The molecule has 8 heteroatoms. The van der Waals surface area contributed by atoms with Gasteiger partial charge in [0.25, 0.3) is 5.91 Å². The number of fused-ring (bicyclic) bond motifs is 1. The molecule has 0 saturated carbocycles. The minimum Gasteiger partial charge on any atom is -0.467 e. The van der Waals surface area contributed by atoms with Crippen LogP contribution in [0.4, 0.5) is 4.39 Å². The summed E-state index contributed by atoms with van der Waals surface area (Å²) < 4.78 is 19.6. The van der Waals surface area contributed by atoms with E-state index in [0.29, 0.717) is 15.6 Å². The van der Waals surface area contributed by atoms with E-state index in [2.05, 4.69) is 21.2 Å². The minimum absolute atomic E-state index is 0.207. The molecule has 1 N–H and O–H groups in total. The second-order valence-electron chi connectivity index (χ2n) is 5.37. The first-order chi connectivity index (χ1) is 12.4. The first-order valence-electron chi connectivity index (χ1n) is 7.42. The van der Waals surface area contributed by atoms with Gasteiger partial charge in [0, 0.05) is 14.6 Å². The zero-order valence-corrected chi connectivity index (χ0v) is 16.5. The number of hydrogen-bond acceptors (Lipinski definition) is 4. The Morgan fingerprint density at radius 1 is 1.23 bits per heavy atom. The average Bonchev–Trinajstić information content (AvgIpc) is 2.95. The van der Waals surface area contributed by atoms with E-state index in [1.807, 2.05) is 0 Å². The quantitative estimate of drug-likeness (QED) is 0.556. The van der Waals surface area contributed by atoms with Crippen molar-refractivity contribution >= 4 is 60.8 Å². The van der Waals surface area contributed by atoms with Gasteiger partial charge in [0.05, 0.1) is 12.1 Å². The van der Waals surface area contributed by atoms with Gasteiger partial charge in [-0.3, -0.25) is 4.79 Å². The fourth-order valence-electron chi connectivity index (χ4n) is 2.43. The lowest BCUT2D eigenvalue weighted by Crippen LogP contribution is -2.34. The van der Waals surface area contributed by atoms with Crippen LogP contribution in [0, 0.1) is 5.82 Å². The fourth-order valence-corrected chi connectivity index (χ4v) is 4.14. The van der Waals surface area contributed by atoms with Crippen LogP contribution in [0.5, 0.6) is 0 Å². The standard InChI is InChI=1S/C18H12BrClFNO3S/c1-25-18(24)15(9-2-4-10(19)5-3-9)22-17(23)16-14(20)12-7-6-11(21)8-13(12)26-16/h2-8,15H,1H3,(H,22,23). The van der Waals surface area contributed by atoms with Gasteiger partial charge in [0.2, 0.25) is 0 Å². The summed E-state index contributed by atoms with van der Waals surface area (Å²) in [5.41, 5.74) is 0.566. The Hall–Kier alpha value is -1.96. The molecule has 0 radical (unpaired) electrons. The highest BCUT2D eigenvalue weighted by Gasteiger charge is 2.26. The maximum atomic E-state index is 13.4. The van der Waals surface area contributed by atoms with Crippen molar-refractivity contribution in [2.45, 2.75) is 6.04 Å². The van der Waals surface area contributed by atoms with E-state index >= 15 is 0 Å². The molecule has 0 aliphatic carbocycles. The van der Waals surface area contributed by atoms with Crippen molar-refractivity contribution in [3.63, 3.8) is 0 Å². The summed E-state index contributed by atoms with van der Waals surface area (Å²) in [4.78, 5) is 25.0. The predicted octanol–water partition coefficient (Wildman–Crippen LogP) is 5.10. The largest absolute Gasteiger partial charge is 0.467 e. The van der Waals surface area contributed by atoms with Gasteiger partial charge < -0.3 is 10.1 Å². The van der Waals surface area contributed by atoms with Crippen LogP contribution >= 0.6 is 38.9 Å². The second-order valence-corrected chi connectivity index (χ2v) is 7.71. The number of carbonyl (C=O) groups excluding carboxylic acids is 2. The van der Waals surface area contributed by atoms with Crippen LogP contribution in [0.2, 0.25) is 5.02 Å². The van der Waals surface area contributed by atoms with Gasteiger partial charge in [-0.2, -0.15) is 0 Å². The number of rotatable bonds is 4. The van der Waals surface area contributed by atoms with Gasteiger partial charge in [0.1, 0.15) is 10.7 Å². The minimum atomic E-state index is -0.987. The molecule has 4 nitrogen and oxygen atoms in total. The fraction of sp³-hybridized carbons (Fsp3) is 0.111. The van der Waals surface area contributed by atoms with Crippen molar-refractivity contribution in [3.05, 3.63) is 68.2 Å². The molecule has 1 unspecified atom stereocenters. The monoisotopic (exact) mass is 455 g/mol. The number of thiophene rings is 1. The average molecular weight is 457 g/mol. The maximum absolute atomic E-state index is 13.4. The molecule has 3 rings (SSSR count). The van der Waals surface area contributed by atoms with Gasteiger partial charge in [-0.25, -0.2) is 9.18 Å². The number of benzene rings is 2. The molecule has 1 aromatic heterocycles. The van der Waals surface area contributed by atoms with Crippen molar-refractivity contribution in [2.75, 3.05) is 7.11 Å². The molecular weight excluding hydrogens is 445 g/mol. The third kappa shape index (κ3) is 3.75. The number of carbonyl (C=O) groups is 2. The van der Waals surface area contributed by atoms with E-state index < -0.39 is 23.7 Å². The second kappa shape index (κ2) is 7.73. The number of esters is 1. The molecule has 1 heterocycles. The van der Waals surface area contributed by atoms with Crippen LogP contribution in [0.15, 0.2) is 46.9 Å². The van der Waals surface area contributed by atoms with Crippen LogP contribution in [0.25, 0.3) is 10.1 Å². The Labute approximate surface area is 166 Å². The summed E-state index contributed by atoms with van der Waals surface area (Å²) in [6.07, 6.45) is 0. The van der Waals surface area contributed by atoms with E-state index in [1.165, 1.54) is 25.3 Å². The molecule has 0 bridgehead atoms. The van der Waals surface area contributed by atoms with Crippen LogP contribution in [-0.2, 0) is 9.53 Å². The first-order valence-corrected chi connectivity index (χ1v) is 9.41. The Morgan fingerprint density at radius 3 is 2.58 bits per heavy atom. The van der Waals surface area contributed by atoms with Gasteiger partial charge in [-0.05, 0) is 35.9 Å². The van der Waals surface area contributed by atoms with Crippen molar-refractivity contribution in [3.8, 4) is 0 Å². The lowest BCUT2D eigenvalue weighted by molar-refractivity contribution is -0.143. The highest BCUT2D eigenvalue weighted by Crippen LogP contribution is 2.36. The van der Waals surface area contributed by atoms with Crippen LogP contribution in [-0.4, -0.2) is 19.0 Å². The molecule has 2 aromatic carbocycles. The Morgan fingerprint density at radius 2 is 1.92 bits per heavy atom. The van der Waals surface area contributed by atoms with Crippen molar-refractivity contribution in [1.82, 2.24) is 5.32 Å². The summed E-state index contributed by atoms with van der Waals surface area (Å²) in [7, 11) is 1.25. The molecule has 0 aliphatic heterocycles. The normalized spacial score (nSPS) is 12.0. The third-order valence-electron chi connectivity index (χ3n) is 3.71. The summed E-state index contributed by atoms with van der Waals surface area (Å²) in [6, 6.07) is 10.0. The highest BCUT2D eigenvalue weighted by atomic mass is 79.9. The van der Waals surface area contributed by atoms with Crippen molar-refractivity contribution < 1.29 is 18.7 Å². The van der Waals surface area contributed by atoms with Gasteiger partial charge in [-0.1, -0.05) is 39.7 Å². The molecule has 3 aromatic rings. The van der Waals surface area contributed by atoms with Crippen molar-refractivity contribution in [1.29, 1.82) is 0 Å². The number of ether oxygens (including phenoxy) is 1. The smallest absolute Gasteiger partial charge is 0.333 e. The molecule has 0 saturated heterocycles. The summed E-state index contributed by atoms with van der Waals surface area (Å²) >= 11 is 10.7.